The van der Waals surface area contributed by atoms with Crippen molar-refractivity contribution in [3.63, 3.8) is 0 Å². The smallest absolute Gasteiger partial charge is 0.270 e. The van der Waals surface area contributed by atoms with E-state index in [-0.39, 0.29) is 30.0 Å². The summed E-state index contributed by atoms with van der Waals surface area (Å²) in [5, 5.41) is 12.6. The van der Waals surface area contributed by atoms with Crippen LogP contribution >= 0.6 is 0 Å². The van der Waals surface area contributed by atoms with E-state index in [0.29, 0.717) is 24.3 Å². The summed E-state index contributed by atoms with van der Waals surface area (Å²) in [6.07, 6.45) is 1.73. The highest BCUT2D eigenvalue weighted by Crippen LogP contribution is 2.27. The molecule has 4 atom stereocenters. The Hall–Kier alpha value is -4.58. The standard InChI is InChI=1S/C35H46FN7O4/c1-7-30(44)39-32(35(47)42-19-17-41(6)18-20-42)24(5)26-13-14-28(27(36)21-26)38-34(46)31(23(4)25-11-9-8-10-12-25)40-33(45)29-15-16-37-43(29)22(2)3/h8-16,21-24,31-32H,7,17-20H2,1-6H3,(H,38,46)(H,39,44)(H,40,45). The first-order valence-corrected chi connectivity index (χ1v) is 16.2. The summed E-state index contributed by atoms with van der Waals surface area (Å²) in [4.78, 5) is 57.0. The average Bonchev–Trinajstić information content (AvgIpc) is 3.57. The van der Waals surface area contributed by atoms with Crippen molar-refractivity contribution in [3.8, 4) is 0 Å². The molecule has 1 aliphatic heterocycles. The van der Waals surface area contributed by atoms with Gasteiger partial charge in [0.05, 0.1) is 5.69 Å². The third kappa shape index (κ3) is 8.62. The molecule has 3 aromatic rings. The molecule has 0 bridgehead atoms. The van der Waals surface area contributed by atoms with Crippen LogP contribution in [0.15, 0.2) is 60.8 Å². The molecule has 11 nitrogen and oxygen atoms in total. The number of hydrogen-bond donors (Lipinski definition) is 3. The fourth-order valence-electron chi connectivity index (χ4n) is 5.71. The molecule has 4 unspecified atom stereocenters. The third-order valence-electron chi connectivity index (χ3n) is 8.78. The van der Waals surface area contributed by atoms with Crippen molar-refractivity contribution in [2.24, 2.45) is 0 Å². The molecule has 12 heteroatoms. The minimum Gasteiger partial charge on any atom is -0.344 e. The quantitative estimate of drug-likeness (QED) is 0.274. The van der Waals surface area contributed by atoms with E-state index >= 15 is 4.39 Å². The maximum absolute atomic E-state index is 15.7. The van der Waals surface area contributed by atoms with Crippen molar-refractivity contribution in [1.29, 1.82) is 0 Å². The summed E-state index contributed by atoms with van der Waals surface area (Å²) < 4.78 is 17.2. The van der Waals surface area contributed by atoms with E-state index in [4.69, 9.17) is 0 Å². The number of piperazine rings is 1. The third-order valence-corrected chi connectivity index (χ3v) is 8.78. The van der Waals surface area contributed by atoms with Crippen LogP contribution in [-0.4, -0.2) is 88.5 Å². The molecule has 3 N–H and O–H groups in total. The van der Waals surface area contributed by atoms with Gasteiger partial charge in [-0.3, -0.25) is 23.9 Å². The highest BCUT2D eigenvalue weighted by atomic mass is 19.1. The van der Waals surface area contributed by atoms with Gasteiger partial charge >= 0.3 is 0 Å². The molecule has 4 amide bonds. The van der Waals surface area contributed by atoms with Gasteiger partial charge in [-0.15, -0.1) is 0 Å². The first-order valence-electron chi connectivity index (χ1n) is 16.2. The number of likely N-dealkylation sites (N-methyl/N-ethyl adjacent to an activating group) is 1. The molecule has 1 saturated heterocycles. The van der Waals surface area contributed by atoms with Crippen molar-refractivity contribution in [2.45, 2.75) is 71.0 Å². The molecule has 1 aromatic heterocycles. The summed E-state index contributed by atoms with van der Waals surface area (Å²) in [7, 11) is 1.99. The molecule has 2 aromatic carbocycles. The second kappa shape index (κ2) is 15.8. The number of carbonyl (C=O) groups excluding carboxylic acids is 4. The van der Waals surface area contributed by atoms with Crippen LogP contribution in [-0.2, 0) is 14.4 Å². The zero-order valence-corrected chi connectivity index (χ0v) is 28.0. The van der Waals surface area contributed by atoms with Crippen LogP contribution in [0, 0.1) is 5.82 Å². The van der Waals surface area contributed by atoms with E-state index in [1.165, 1.54) is 18.3 Å². The zero-order chi connectivity index (χ0) is 34.2. The predicted molar refractivity (Wildman–Crippen MR) is 178 cm³/mol. The van der Waals surface area contributed by atoms with E-state index in [1.54, 1.807) is 35.6 Å². The lowest BCUT2D eigenvalue weighted by Gasteiger charge is -2.36. The van der Waals surface area contributed by atoms with Crippen LogP contribution in [0.2, 0.25) is 0 Å². The van der Waals surface area contributed by atoms with Gasteiger partial charge in [0, 0.05) is 56.7 Å². The minimum absolute atomic E-state index is 0.0720. The van der Waals surface area contributed by atoms with Crippen molar-refractivity contribution in [1.82, 2.24) is 30.2 Å². The van der Waals surface area contributed by atoms with Crippen molar-refractivity contribution in [3.05, 3.63) is 83.4 Å². The number of aromatic nitrogens is 2. The molecule has 0 saturated carbocycles. The molecular weight excluding hydrogens is 601 g/mol. The number of halogens is 1. The van der Waals surface area contributed by atoms with Crippen LogP contribution in [0.4, 0.5) is 10.1 Å². The van der Waals surface area contributed by atoms with E-state index in [0.717, 1.165) is 18.7 Å². The second-order valence-corrected chi connectivity index (χ2v) is 12.4. The van der Waals surface area contributed by atoms with E-state index < -0.39 is 41.6 Å². The number of carbonyl (C=O) groups is 4. The Morgan fingerprint density at radius 1 is 0.851 bits per heavy atom. The highest BCUT2D eigenvalue weighted by molar-refractivity contribution is 6.01. The highest BCUT2D eigenvalue weighted by Gasteiger charge is 2.34. The Labute approximate surface area is 275 Å². The molecule has 0 spiro atoms. The topological polar surface area (TPSA) is 129 Å². The number of amides is 4. The first kappa shape index (κ1) is 35.3. The molecule has 47 heavy (non-hydrogen) atoms. The second-order valence-electron chi connectivity index (χ2n) is 12.4. The molecule has 252 valence electrons. The van der Waals surface area contributed by atoms with Crippen molar-refractivity contribution in [2.75, 3.05) is 38.5 Å². The Morgan fingerprint density at radius 3 is 2.13 bits per heavy atom. The average molecular weight is 648 g/mol. The van der Waals surface area contributed by atoms with Gasteiger partial charge in [0.2, 0.25) is 17.7 Å². The van der Waals surface area contributed by atoms with Gasteiger partial charge in [0.25, 0.3) is 5.91 Å². The van der Waals surface area contributed by atoms with Crippen LogP contribution in [0.5, 0.6) is 0 Å². The van der Waals surface area contributed by atoms with Gasteiger partial charge in [-0.2, -0.15) is 5.10 Å². The lowest BCUT2D eigenvalue weighted by Crippen LogP contribution is -2.55. The minimum atomic E-state index is -1.05. The van der Waals surface area contributed by atoms with E-state index in [2.05, 4.69) is 25.9 Å². The molecule has 2 heterocycles. The number of hydrogen-bond acceptors (Lipinski definition) is 6. The number of anilines is 1. The van der Waals surface area contributed by atoms with E-state index in [9.17, 15) is 19.2 Å². The molecule has 0 aliphatic carbocycles. The Morgan fingerprint density at radius 2 is 1.51 bits per heavy atom. The van der Waals surface area contributed by atoms with E-state index in [1.807, 2.05) is 58.2 Å². The van der Waals surface area contributed by atoms with Crippen LogP contribution in [0.3, 0.4) is 0 Å². The van der Waals surface area contributed by atoms with Crippen LogP contribution < -0.4 is 16.0 Å². The Bertz CT molecular complexity index is 1550. The normalized spacial score (nSPS) is 16.2. The monoisotopic (exact) mass is 647 g/mol. The van der Waals surface area contributed by atoms with Gasteiger partial charge in [0.1, 0.15) is 23.6 Å². The Balaban J connectivity index is 1.56. The molecule has 1 fully saturated rings. The maximum Gasteiger partial charge on any atom is 0.270 e. The van der Waals surface area contributed by atoms with Crippen LogP contribution in [0.25, 0.3) is 0 Å². The molecule has 4 rings (SSSR count). The van der Waals surface area contributed by atoms with Gasteiger partial charge in [0.15, 0.2) is 0 Å². The van der Waals surface area contributed by atoms with Gasteiger partial charge in [-0.1, -0.05) is 57.2 Å². The Kier molecular flexibility index (Phi) is 11.9. The predicted octanol–water partition coefficient (Wildman–Crippen LogP) is 3.92. The largest absolute Gasteiger partial charge is 0.344 e. The lowest BCUT2D eigenvalue weighted by atomic mass is 9.91. The van der Waals surface area contributed by atoms with Crippen molar-refractivity contribution >= 4 is 29.3 Å². The summed E-state index contributed by atoms with van der Waals surface area (Å²) in [6, 6.07) is 13.2. The molecule has 1 aliphatic rings. The van der Waals surface area contributed by atoms with Crippen molar-refractivity contribution < 1.29 is 23.6 Å². The molecular formula is C35H46FN7O4. The zero-order valence-electron chi connectivity index (χ0n) is 28.0. The van der Waals surface area contributed by atoms with Crippen LogP contribution in [0.1, 0.15) is 80.5 Å². The van der Waals surface area contributed by atoms with Gasteiger partial charge in [-0.25, -0.2) is 4.39 Å². The summed E-state index contributed by atoms with van der Waals surface area (Å²) in [6.45, 7) is 11.6. The maximum atomic E-state index is 15.7. The van der Waals surface area contributed by atoms with Gasteiger partial charge < -0.3 is 25.8 Å². The first-order chi connectivity index (χ1) is 22.4. The summed E-state index contributed by atoms with van der Waals surface area (Å²) >= 11 is 0. The summed E-state index contributed by atoms with van der Waals surface area (Å²) in [5.74, 6) is -3.26. The number of rotatable bonds is 12. The molecule has 0 radical (unpaired) electrons. The SMILES string of the molecule is CCC(=O)NC(C(=O)N1CCN(C)CC1)C(C)c1ccc(NC(=O)C(NC(=O)c2ccnn2C(C)C)C(C)c2ccccc2)c(F)c1. The fraction of sp³-hybridized carbons (Fsp3) is 0.457. The number of nitrogens with one attached hydrogen (secondary N) is 3. The fourth-order valence-corrected chi connectivity index (χ4v) is 5.71. The van der Waals surface area contributed by atoms with Gasteiger partial charge in [-0.05, 0) is 50.2 Å². The number of benzene rings is 2. The lowest BCUT2D eigenvalue weighted by molar-refractivity contribution is -0.138. The number of nitrogens with zero attached hydrogens (tertiary/aromatic N) is 4. The summed E-state index contributed by atoms with van der Waals surface area (Å²) in [5.41, 5.74) is 1.55.